The smallest absolute Gasteiger partial charge is 0.253 e. The minimum atomic E-state index is -0.145. The van der Waals surface area contributed by atoms with Gasteiger partial charge in [-0.05, 0) is 31.0 Å². The Balaban J connectivity index is 1.64. The van der Waals surface area contributed by atoms with Gasteiger partial charge in [0.15, 0.2) is 0 Å². The van der Waals surface area contributed by atoms with Crippen molar-refractivity contribution < 1.29 is 9.59 Å². The molecule has 0 radical (unpaired) electrons. The molecule has 2 aromatic rings. The molecule has 1 aromatic heterocycles. The van der Waals surface area contributed by atoms with Gasteiger partial charge in [-0.15, -0.1) is 0 Å². The molecule has 0 unspecified atom stereocenters. The second kappa shape index (κ2) is 6.64. The van der Waals surface area contributed by atoms with Crippen LogP contribution in [0.5, 0.6) is 0 Å². The van der Waals surface area contributed by atoms with Crippen LogP contribution in [0.4, 0.5) is 5.69 Å². The number of aromatic nitrogens is 2. The number of aromatic amines is 1. The topological polar surface area (TPSA) is 78.1 Å². The van der Waals surface area contributed by atoms with Crippen molar-refractivity contribution in [2.45, 2.75) is 25.7 Å². The summed E-state index contributed by atoms with van der Waals surface area (Å²) < 4.78 is 0. The highest BCUT2D eigenvalue weighted by Crippen LogP contribution is 2.26. The molecule has 0 aliphatic carbocycles. The van der Waals surface area contributed by atoms with Crippen LogP contribution in [-0.2, 0) is 4.79 Å². The van der Waals surface area contributed by atoms with Crippen molar-refractivity contribution >= 4 is 17.5 Å². The van der Waals surface area contributed by atoms with Crippen molar-refractivity contribution in [3.05, 3.63) is 48.0 Å². The average molecular weight is 312 g/mol. The van der Waals surface area contributed by atoms with E-state index in [1.165, 1.54) is 6.92 Å². The maximum Gasteiger partial charge on any atom is 0.253 e. The zero-order chi connectivity index (χ0) is 16.2. The van der Waals surface area contributed by atoms with E-state index in [2.05, 4.69) is 15.3 Å². The van der Waals surface area contributed by atoms with E-state index < -0.39 is 0 Å². The summed E-state index contributed by atoms with van der Waals surface area (Å²) in [5.74, 6) is 1.26. The SMILES string of the molecule is CC(=O)Nc1cccc(C(=O)N2CCC(c3ncc[nH]3)CC2)c1. The Morgan fingerprint density at radius 1 is 1.30 bits per heavy atom. The van der Waals surface area contributed by atoms with Crippen molar-refractivity contribution in [3.63, 3.8) is 0 Å². The third-order valence-corrected chi connectivity index (χ3v) is 4.12. The second-order valence-electron chi connectivity index (χ2n) is 5.80. The number of rotatable bonds is 3. The lowest BCUT2D eigenvalue weighted by Gasteiger charge is -2.31. The van der Waals surface area contributed by atoms with Gasteiger partial charge >= 0.3 is 0 Å². The highest BCUT2D eigenvalue weighted by atomic mass is 16.2. The van der Waals surface area contributed by atoms with Crippen LogP contribution in [0.15, 0.2) is 36.7 Å². The third kappa shape index (κ3) is 3.59. The molecular formula is C17H20N4O2. The molecule has 3 rings (SSSR count). The minimum absolute atomic E-state index is 0.00935. The third-order valence-electron chi connectivity index (χ3n) is 4.12. The lowest BCUT2D eigenvalue weighted by molar-refractivity contribution is -0.114. The van der Waals surface area contributed by atoms with Crippen LogP contribution in [0.2, 0.25) is 0 Å². The number of nitrogens with zero attached hydrogens (tertiary/aromatic N) is 2. The van der Waals surface area contributed by atoms with Crippen molar-refractivity contribution in [3.8, 4) is 0 Å². The number of hydrogen-bond acceptors (Lipinski definition) is 3. The summed E-state index contributed by atoms with van der Waals surface area (Å²) in [6, 6.07) is 7.07. The highest BCUT2D eigenvalue weighted by Gasteiger charge is 2.25. The summed E-state index contributed by atoms with van der Waals surface area (Å²) in [6.07, 6.45) is 5.41. The molecule has 6 heteroatoms. The molecule has 2 N–H and O–H groups in total. The van der Waals surface area contributed by atoms with Gasteiger partial charge in [-0.2, -0.15) is 0 Å². The first-order chi connectivity index (χ1) is 11.1. The average Bonchev–Trinajstić information content (AvgIpc) is 3.08. The summed E-state index contributed by atoms with van der Waals surface area (Å²) in [6.45, 7) is 2.89. The molecule has 23 heavy (non-hydrogen) atoms. The van der Waals surface area contributed by atoms with Gasteiger partial charge in [0.25, 0.3) is 5.91 Å². The number of benzene rings is 1. The van der Waals surface area contributed by atoms with Crippen LogP contribution in [0.3, 0.4) is 0 Å². The number of H-pyrrole nitrogens is 1. The van der Waals surface area contributed by atoms with Gasteiger partial charge in [0.2, 0.25) is 5.91 Å². The standard InChI is InChI=1S/C17H20N4O2/c1-12(22)20-15-4-2-3-14(11-15)17(23)21-9-5-13(6-10-21)16-18-7-8-19-16/h2-4,7-8,11,13H,5-6,9-10H2,1H3,(H,18,19)(H,20,22). The zero-order valence-corrected chi connectivity index (χ0v) is 13.1. The van der Waals surface area contributed by atoms with E-state index in [-0.39, 0.29) is 11.8 Å². The molecule has 0 spiro atoms. The number of likely N-dealkylation sites (tertiary alicyclic amines) is 1. The fourth-order valence-corrected chi connectivity index (χ4v) is 2.97. The molecule has 6 nitrogen and oxygen atoms in total. The maximum atomic E-state index is 12.6. The van der Waals surface area contributed by atoms with Crippen LogP contribution < -0.4 is 5.32 Å². The Morgan fingerprint density at radius 3 is 2.74 bits per heavy atom. The first-order valence-electron chi connectivity index (χ1n) is 7.79. The van der Waals surface area contributed by atoms with E-state index in [9.17, 15) is 9.59 Å². The molecule has 1 aliphatic heterocycles. The van der Waals surface area contributed by atoms with E-state index in [4.69, 9.17) is 0 Å². The van der Waals surface area contributed by atoms with E-state index in [1.54, 1.807) is 30.5 Å². The molecular weight excluding hydrogens is 292 g/mol. The minimum Gasteiger partial charge on any atom is -0.348 e. The molecule has 2 heterocycles. The van der Waals surface area contributed by atoms with Gasteiger partial charge in [0.1, 0.15) is 5.82 Å². The van der Waals surface area contributed by atoms with E-state index in [0.29, 0.717) is 30.3 Å². The van der Waals surface area contributed by atoms with Crippen LogP contribution in [-0.4, -0.2) is 39.8 Å². The summed E-state index contributed by atoms with van der Waals surface area (Å²) in [5.41, 5.74) is 1.25. The van der Waals surface area contributed by atoms with Crippen LogP contribution in [0, 0.1) is 0 Å². The number of carbonyl (C=O) groups excluding carboxylic acids is 2. The Morgan fingerprint density at radius 2 is 2.09 bits per heavy atom. The molecule has 1 fully saturated rings. The molecule has 1 saturated heterocycles. The lowest BCUT2D eigenvalue weighted by atomic mass is 9.95. The van der Waals surface area contributed by atoms with Crippen molar-refractivity contribution in [1.82, 2.24) is 14.9 Å². The normalized spacial score (nSPS) is 15.4. The largest absolute Gasteiger partial charge is 0.348 e. The Labute approximate surface area is 134 Å². The van der Waals surface area contributed by atoms with Crippen LogP contribution in [0.1, 0.15) is 41.9 Å². The Hall–Kier alpha value is -2.63. The van der Waals surface area contributed by atoms with E-state index in [1.807, 2.05) is 11.1 Å². The lowest BCUT2D eigenvalue weighted by Crippen LogP contribution is -2.38. The molecule has 120 valence electrons. The van der Waals surface area contributed by atoms with Crippen LogP contribution >= 0.6 is 0 Å². The van der Waals surface area contributed by atoms with Gasteiger partial charge in [-0.3, -0.25) is 9.59 Å². The first kappa shape index (κ1) is 15.3. The summed E-state index contributed by atoms with van der Waals surface area (Å²) in [7, 11) is 0. The first-order valence-corrected chi connectivity index (χ1v) is 7.79. The summed E-state index contributed by atoms with van der Waals surface area (Å²) >= 11 is 0. The Kier molecular flexibility index (Phi) is 4.41. The van der Waals surface area contributed by atoms with Gasteiger partial charge in [-0.25, -0.2) is 4.98 Å². The molecule has 0 atom stereocenters. The predicted octanol–water partition coefficient (Wildman–Crippen LogP) is 2.39. The molecule has 0 saturated carbocycles. The molecule has 1 aromatic carbocycles. The second-order valence-corrected chi connectivity index (χ2v) is 5.80. The maximum absolute atomic E-state index is 12.6. The van der Waals surface area contributed by atoms with Gasteiger partial charge in [-0.1, -0.05) is 6.07 Å². The number of carbonyl (C=O) groups is 2. The van der Waals surface area contributed by atoms with E-state index >= 15 is 0 Å². The number of imidazole rings is 1. The fraction of sp³-hybridized carbons (Fsp3) is 0.353. The van der Waals surface area contributed by atoms with Crippen molar-refractivity contribution in [1.29, 1.82) is 0 Å². The zero-order valence-electron chi connectivity index (χ0n) is 13.1. The van der Waals surface area contributed by atoms with Gasteiger partial charge < -0.3 is 15.2 Å². The summed E-state index contributed by atoms with van der Waals surface area (Å²) in [5, 5.41) is 2.71. The highest BCUT2D eigenvalue weighted by molar-refractivity contribution is 5.96. The van der Waals surface area contributed by atoms with Crippen molar-refractivity contribution in [2.24, 2.45) is 0 Å². The van der Waals surface area contributed by atoms with Crippen LogP contribution in [0.25, 0.3) is 0 Å². The van der Waals surface area contributed by atoms with Crippen molar-refractivity contribution in [2.75, 3.05) is 18.4 Å². The monoisotopic (exact) mass is 312 g/mol. The number of amides is 2. The van der Waals surface area contributed by atoms with Gasteiger partial charge in [0, 0.05) is 49.6 Å². The summed E-state index contributed by atoms with van der Waals surface area (Å²) in [4.78, 5) is 33.1. The van der Waals surface area contributed by atoms with E-state index in [0.717, 1.165) is 18.7 Å². The molecule has 2 amide bonds. The number of nitrogens with one attached hydrogen (secondary N) is 2. The number of anilines is 1. The Bertz CT molecular complexity index is 688. The van der Waals surface area contributed by atoms with Gasteiger partial charge in [0.05, 0.1) is 0 Å². The number of hydrogen-bond donors (Lipinski definition) is 2. The predicted molar refractivity (Wildman–Crippen MR) is 87.2 cm³/mol. The fourth-order valence-electron chi connectivity index (χ4n) is 2.97. The quantitative estimate of drug-likeness (QED) is 0.913. The number of piperidine rings is 1. The molecule has 1 aliphatic rings. The molecule has 0 bridgehead atoms.